The lowest BCUT2D eigenvalue weighted by Gasteiger charge is -2.48. The Balaban J connectivity index is 1.47. The second kappa shape index (κ2) is 7.42. The van der Waals surface area contributed by atoms with Crippen LogP contribution in [0.4, 0.5) is 4.39 Å². The fourth-order valence-corrected chi connectivity index (χ4v) is 6.61. The first-order chi connectivity index (χ1) is 13.7. The highest BCUT2D eigenvalue weighted by atomic mass is 32.1. The summed E-state index contributed by atoms with van der Waals surface area (Å²) in [5, 5.41) is 3.12. The molecule has 156 valence electrons. The van der Waals surface area contributed by atoms with Gasteiger partial charge < -0.3 is 10.1 Å². The van der Waals surface area contributed by atoms with Crippen LogP contribution in [0, 0.1) is 32.1 Å². The third kappa shape index (κ3) is 3.48. The molecule has 3 nitrogen and oxygen atoms in total. The summed E-state index contributed by atoms with van der Waals surface area (Å²) in [6, 6.07) is 4.02. The van der Waals surface area contributed by atoms with Crippen molar-refractivity contribution in [2.45, 2.75) is 59.9 Å². The number of carbonyl (C=O) groups excluding carboxylic acids is 1. The summed E-state index contributed by atoms with van der Waals surface area (Å²) in [5.74, 6) is 2.11. The molecule has 29 heavy (non-hydrogen) atoms. The molecule has 0 bridgehead atoms. The van der Waals surface area contributed by atoms with E-state index in [0.29, 0.717) is 23.8 Å². The molecule has 0 aliphatic heterocycles. The summed E-state index contributed by atoms with van der Waals surface area (Å²) in [4.78, 5) is 15.2. The molecule has 5 heteroatoms. The molecule has 1 aromatic carbocycles. The lowest BCUT2D eigenvalue weighted by molar-refractivity contribution is 0.0518. The van der Waals surface area contributed by atoms with Gasteiger partial charge in [0.1, 0.15) is 19.0 Å². The molecule has 1 saturated carbocycles. The van der Waals surface area contributed by atoms with Crippen molar-refractivity contribution in [3.8, 4) is 5.75 Å². The number of rotatable bonds is 6. The van der Waals surface area contributed by atoms with E-state index >= 15 is 0 Å². The zero-order valence-corrected chi connectivity index (χ0v) is 18.8. The maximum atomic E-state index is 13.0. The predicted octanol–water partition coefficient (Wildman–Crippen LogP) is 5.64. The molecule has 1 N–H and O–H groups in total. The first-order valence-electron chi connectivity index (χ1n) is 10.4. The number of ether oxygens (including phenoxy) is 1. The monoisotopic (exact) mass is 415 g/mol. The summed E-state index contributed by atoms with van der Waals surface area (Å²) in [7, 11) is 0. The molecule has 1 amide bonds. The number of thiophene rings is 1. The molecule has 2 atom stereocenters. The van der Waals surface area contributed by atoms with Gasteiger partial charge in [0.25, 0.3) is 5.91 Å². The molecular formula is C24H30FNO2S. The number of hydrogen-bond donors (Lipinski definition) is 1. The smallest absolute Gasteiger partial charge is 0.261 e. The Morgan fingerprint density at radius 1 is 1.28 bits per heavy atom. The molecule has 2 aromatic rings. The standard InChI is InChI=1S/C24H30FNO2S/c1-13-8-16(9-14(2)21(13)28-7-6-25)12-26-23(27)22-17-10-19-18(11-24(19,4)5)20(17)15(3)29-22/h8-9,18-19H,6-7,10-12H2,1-5H3,(H,26,27)/t18-,19-/m1/s1. The van der Waals surface area contributed by atoms with E-state index in [-0.39, 0.29) is 12.5 Å². The van der Waals surface area contributed by atoms with Crippen molar-refractivity contribution in [3.05, 3.63) is 49.7 Å². The van der Waals surface area contributed by atoms with E-state index in [2.05, 4.69) is 26.1 Å². The van der Waals surface area contributed by atoms with Gasteiger partial charge in [-0.1, -0.05) is 26.0 Å². The number of amides is 1. The number of nitrogens with one attached hydrogen (secondary N) is 1. The van der Waals surface area contributed by atoms with Crippen molar-refractivity contribution in [2.24, 2.45) is 11.3 Å². The summed E-state index contributed by atoms with van der Waals surface area (Å²) >= 11 is 1.65. The largest absolute Gasteiger partial charge is 0.490 e. The van der Waals surface area contributed by atoms with Crippen LogP contribution < -0.4 is 10.1 Å². The van der Waals surface area contributed by atoms with Crippen LogP contribution in [0.25, 0.3) is 0 Å². The molecular weight excluding hydrogens is 385 g/mol. The quantitative estimate of drug-likeness (QED) is 0.663. The van der Waals surface area contributed by atoms with Crippen molar-refractivity contribution in [1.82, 2.24) is 5.32 Å². The number of benzene rings is 1. The summed E-state index contributed by atoms with van der Waals surface area (Å²) in [5.41, 5.74) is 6.12. The van der Waals surface area contributed by atoms with Gasteiger partial charge in [-0.05, 0) is 78.7 Å². The SMILES string of the molecule is Cc1cc(CNC(=O)c2sc(C)c3c2C[C@@H]2[C@H]3CC2(C)C)cc(C)c1OCCF. The van der Waals surface area contributed by atoms with Gasteiger partial charge in [-0.3, -0.25) is 4.79 Å². The number of alkyl halides is 1. The predicted molar refractivity (Wildman–Crippen MR) is 116 cm³/mol. The van der Waals surface area contributed by atoms with E-state index < -0.39 is 6.67 Å². The fraction of sp³-hybridized carbons (Fsp3) is 0.542. The lowest BCUT2D eigenvalue weighted by Crippen LogP contribution is -2.40. The molecule has 0 unspecified atom stereocenters. The van der Waals surface area contributed by atoms with Gasteiger partial charge in [0.05, 0.1) is 4.88 Å². The Morgan fingerprint density at radius 2 is 1.97 bits per heavy atom. The van der Waals surface area contributed by atoms with Crippen LogP contribution in [-0.4, -0.2) is 19.2 Å². The van der Waals surface area contributed by atoms with Crippen molar-refractivity contribution in [3.63, 3.8) is 0 Å². The second-order valence-corrected chi connectivity index (χ2v) is 10.5. The van der Waals surface area contributed by atoms with Crippen LogP contribution in [0.5, 0.6) is 5.75 Å². The molecule has 0 spiro atoms. The molecule has 0 radical (unpaired) electrons. The Bertz CT molecular complexity index is 939. The lowest BCUT2D eigenvalue weighted by atomic mass is 9.56. The van der Waals surface area contributed by atoms with Crippen LogP contribution in [-0.2, 0) is 13.0 Å². The average molecular weight is 416 g/mol. The van der Waals surface area contributed by atoms with Crippen LogP contribution in [0.3, 0.4) is 0 Å². The topological polar surface area (TPSA) is 38.3 Å². The number of aryl methyl sites for hydroxylation is 3. The first-order valence-corrected chi connectivity index (χ1v) is 11.2. The van der Waals surface area contributed by atoms with E-state index in [4.69, 9.17) is 4.74 Å². The van der Waals surface area contributed by atoms with E-state index in [1.54, 1.807) is 11.3 Å². The Hall–Kier alpha value is -1.88. The minimum atomic E-state index is -0.500. The number of carbonyl (C=O) groups is 1. The van der Waals surface area contributed by atoms with Gasteiger partial charge >= 0.3 is 0 Å². The maximum absolute atomic E-state index is 13.0. The highest BCUT2D eigenvalue weighted by Crippen LogP contribution is 2.63. The molecule has 2 aliphatic rings. The molecule has 1 heterocycles. The van der Waals surface area contributed by atoms with Gasteiger partial charge in [-0.25, -0.2) is 4.39 Å². The summed E-state index contributed by atoms with van der Waals surface area (Å²) in [6.07, 6.45) is 2.28. The highest BCUT2D eigenvalue weighted by Gasteiger charge is 2.53. The van der Waals surface area contributed by atoms with Crippen LogP contribution in [0.2, 0.25) is 0 Å². The Kier molecular flexibility index (Phi) is 5.22. The van der Waals surface area contributed by atoms with Gasteiger partial charge in [-0.2, -0.15) is 0 Å². The molecule has 2 aliphatic carbocycles. The zero-order chi connectivity index (χ0) is 20.9. The first kappa shape index (κ1) is 20.4. The molecule has 1 fully saturated rings. The van der Waals surface area contributed by atoms with E-state index in [9.17, 15) is 9.18 Å². The Labute approximate surface area is 176 Å². The second-order valence-electron chi connectivity index (χ2n) is 9.27. The summed E-state index contributed by atoms with van der Waals surface area (Å²) in [6.45, 7) is 10.8. The Morgan fingerprint density at radius 3 is 2.59 bits per heavy atom. The van der Waals surface area contributed by atoms with Gasteiger partial charge in [-0.15, -0.1) is 11.3 Å². The van der Waals surface area contributed by atoms with E-state index in [1.807, 2.05) is 26.0 Å². The number of halogens is 1. The fourth-order valence-electron chi connectivity index (χ4n) is 5.43. The highest BCUT2D eigenvalue weighted by molar-refractivity contribution is 7.14. The number of fused-ring (bicyclic) bond motifs is 3. The maximum Gasteiger partial charge on any atom is 0.261 e. The van der Waals surface area contributed by atoms with Crippen LogP contribution in [0.15, 0.2) is 12.1 Å². The van der Waals surface area contributed by atoms with Gasteiger partial charge in [0.15, 0.2) is 0 Å². The van der Waals surface area contributed by atoms with E-state index in [0.717, 1.165) is 33.7 Å². The van der Waals surface area contributed by atoms with E-state index in [1.165, 1.54) is 22.4 Å². The van der Waals surface area contributed by atoms with Crippen molar-refractivity contribution >= 4 is 17.2 Å². The van der Waals surface area contributed by atoms with Crippen molar-refractivity contribution < 1.29 is 13.9 Å². The third-order valence-corrected chi connectivity index (χ3v) is 7.93. The molecule has 4 rings (SSSR count). The van der Waals surface area contributed by atoms with Gasteiger partial charge in [0, 0.05) is 11.4 Å². The normalized spacial score (nSPS) is 21.3. The zero-order valence-electron chi connectivity index (χ0n) is 17.9. The molecule has 0 saturated heterocycles. The third-order valence-electron chi connectivity index (χ3n) is 6.77. The molecule has 1 aromatic heterocycles. The van der Waals surface area contributed by atoms with Crippen LogP contribution in [0.1, 0.15) is 68.6 Å². The minimum absolute atomic E-state index is 0.0338. The minimum Gasteiger partial charge on any atom is -0.490 e. The van der Waals surface area contributed by atoms with Crippen LogP contribution >= 0.6 is 11.3 Å². The van der Waals surface area contributed by atoms with Gasteiger partial charge in [0.2, 0.25) is 0 Å². The average Bonchev–Trinajstić information content (AvgIpc) is 3.15. The number of hydrogen-bond acceptors (Lipinski definition) is 3. The van der Waals surface area contributed by atoms with Crippen molar-refractivity contribution in [1.29, 1.82) is 0 Å². The summed E-state index contributed by atoms with van der Waals surface area (Å²) < 4.78 is 17.9. The van der Waals surface area contributed by atoms with Crippen molar-refractivity contribution in [2.75, 3.05) is 13.3 Å².